The van der Waals surface area contributed by atoms with Gasteiger partial charge in [-0.2, -0.15) is 5.10 Å². The Bertz CT molecular complexity index is 631. The molecule has 2 heterocycles. The Balaban J connectivity index is 1.85. The van der Waals surface area contributed by atoms with E-state index >= 15 is 0 Å². The van der Waals surface area contributed by atoms with Crippen molar-refractivity contribution in [3.05, 3.63) is 41.0 Å². The Morgan fingerprint density at radius 2 is 1.95 bits per heavy atom. The van der Waals surface area contributed by atoms with Crippen LogP contribution in [-0.2, 0) is 0 Å². The van der Waals surface area contributed by atoms with Gasteiger partial charge in [0.15, 0.2) is 0 Å². The molecule has 1 amide bonds. The van der Waals surface area contributed by atoms with Gasteiger partial charge < -0.3 is 10.0 Å². The largest absolute Gasteiger partial charge is 0.393 e. The van der Waals surface area contributed by atoms with Crippen molar-refractivity contribution in [2.75, 3.05) is 13.1 Å². The number of aromatic nitrogens is 2. The van der Waals surface area contributed by atoms with E-state index in [9.17, 15) is 9.90 Å². The molecule has 1 aliphatic rings. The molecule has 2 aromatic rings. The van der Waals surface area contributed by atoms with Crippen LogP contribution in [0.5, 0.6) is 0 Å². The van der Waals surface area contributed by atoms with Crippen LogP contribution >= 0.6 is 11.6 Å². The monoisotopic (exact) mass is 305 g/mol. The SMILES string of the molecule is O=C(c1cn[nH]c1-c1ccc(Cl)cc1)N1CCC(O)CC1. The van der Waals surface area contributed by atoms with Gasteiger partial charge in [-0.1, -0.05) is 23.7 Å². The third-order valence-corrected chi connectivity index (χ3v) is 4.01. The van der Waals surface area contributed by atoms with Gasteiger partial charge in [0.25, 0.3) is 5.91 Å². The number of nitrogens with zero attached hydrogens (tertiary/aromatic N) is 2. The number of halogens is 1. The summed E-state index contributed by atoms with van der Waals surface area (Å²) in [6, 6.07) is 7.27. The standard InChI is InChI=1S/C15H16ClN3O2/c16-11-3-1-10(2-4-11)14-13(9-17-18-14)15(21)19-7-5-12(20)6-8-19/h1-4,9,12,20H,5-8H2,(H,17,18). The van der Waals surface area contributed by atoms with Gasteiger partial charge in [0, 0.05) is 23.7 Å². The molecule has 1 aliphatic heterocycles. The first-order valence-corrected chi connectivity index (χ1v) is 7.29. The predicted molar refractivity (Wildman–Crippen MR) is 80.2 cm³/mol. The van der Waals surface area contributed by atoms with Crippen LogP contribution < -0.4 is 0 Å². The van der Waals surface area contributed by atoms with E-state index in [0.717, 1.165) is 5.56 Å². The van der Waals surface area contributed by atoms with E-state index in [1.807, 2.05) is 12.1 Å². The minimum Gasteiger partial charge on any atom is -0.393 e. The Kier molecular flexibility index (Phi) is 3.94. The molecule has 0 atom stereocenters. The lowest BCUT2D eigenvalue weighted by atomic mass is 10.0. The molecule has 1 aromatic carbocycles. The topological polar surface area (TPSA) is 69.2 Å². The van der Waals surface area contributed by atoms with Crippen LogP contribution in [0.3, 0.4) is 0 Å². The zero-order valence-corrected chi connectivity index (χ0v) is 12.2. The van der Waals surface area contributed by atoms with E-state index in [-0.39, 0.29) is 12.0 Å². The maximum atomic E-state index is 12.6. The summed E-state index contributed by atoms with van der Waals surface area (Å²) in [5.74, 6) is -0.0550. The highest BCUT2D eigenvalue weighted by atomic mass is 35.5. The number of carbonyl (C=O) groups excluding carboxylic acids is 1. The minimum absolute atomic E-state index is 0.0550. The van der Waals surface area contributed by atoms with Crippen LogP contribution in [0.25, 0.3) is 11.3 Å². The molecule has 0 aliphatic carbocycles. The van der Waals surface area contributed by atoms with Crippen LogP contribution in [0.15, 0.2) is 30.5 Å². The van der Waals surface area contributed by atoms with Gasteiger partial charge >= 0.3 is 0 Å². The Morgan fingerprint density at radius 1 is 1.29 bits per heavy atom. The molecule has 21 heavy (non-hydrogen) atoms. The van der Waals surface area contributed by atoms with E-state index in [1.54, 1.807) is 23.2 Å². The number of H-pyrrole nitrogens is 1. The zero-order chi connectivity index (χ0) is 14.8. The van der Waals surface area contributed by atoms with Gasteiger partial charge in [0.1, 0.15) is 0 Å². The van der Waals surface area contributed by atoms with Crippen molar-refractivity contribution in [1.82, 2.24) is 15.1 Å². The number of amides is 1. The number of likely N-dealkylation sites (tertiary alicyclic amines) is 1. The molecule has 2 N–H and O–H groups in total. The number of hydrogen-bond acceptors (Lipinski definition) is 3. The minimum atomic E-state index is -0.297. The fraction of sp³-hybridized carbons (Fsp3) is 0.333. The van der Waals surface area contributed by atoms with Crippen molar-refractivity contribution in [3.8, 4) is 11.3 Å². The number of nitrogens with one attached hydrogen (secondary N) is 1. The van der Waals surface area contributed by atoms with Crippen LogP contribution in [0.1, 0.15) is 23.2 Å². The summed E-state index contributed by atoms with van der Waals surface area (Å²) in [6.07, 6.45) is 2.51. The first kappa shape index (κ1) is 14.1. The third kappa shape index (κ3) is 2.94. The van der Waals surface area contributed by atoms with Gasteiger partial charge in [-0.25, -0.2) is 0 Å². The van der Waals surface area contributed by atoms with Crippen molar-refractivity contribution in [2.24, 2.45) is 0 Å². The lowest BCUT2D eigenvalue weighted by Gasteiger charge is -2.29. The second-order valence-corrected chi connectivity index (χ2v) is 5.63. The first-order valence-electron chi connectivity index (χ1n) is 6.92. The van der Waals surface area contributed by atoms with Crippen molar-refractivity contribution >= 4 is 17.5 Å². The molecule has 6 heteroatoms. The first-order chi connectivity index (χ1) is 10.1. The number of benzene rings is 1. The van der Waals surface area contributed by atoms with Gasteiger partial charge in [-0.15, -0.1) is 0 Å². The number of rotatable bonds is 2. The number of aliphatic hydroxyl groups excluding tert-OH is 1. The molecule has 0 unspecified atom stereocenters. The molecular formula is C15H16ClN3O2. The summed E-state index contributed by atoms with van der Waals surface area (Å²) < 4.78 is 0. The van der Waals surface area contributed by atoms with E-state index < -0.39 is 0 Å². The Labute approximate surface area is 127 Å². The van der Waals surface area contributed by atoms with Crippen LogP contribution in [0.4, 0.5) is 0 Å². The van der Waals surface area contributed by atoms with Crippen LogP contribution in [0, 0.1) is 0 Å². The molecular weight excluding hydrogens is 290 g/mol. The molecule has 3 rings (SSSR count). The smallest absolute Gasteiger partial charge is 0.257 e. The number of aliphatic hydroxyl groups is 1. The fourth-order valence-corrected chi connectivity index (χ4v) is 2.65. The van der Waals surface area contributed by atoms with E-state index in [0.29, 0.717) is 42.2 Å². The Morgan fingerprint density at radius 3 is 2.62 bits per heavy atom. The molecule has 1 fully saturated rings. The summed E-state index contributed by atoms with van der Waals surface area (Å²) in [4.78, 5) is 14.3. The summed E-state index contributed by atoms with van der Waals surface area (Å²) in [5.41, 5.74) is 2.12. The quantitative estimate of drug-likeness (QED) is 0.894. The number of piperidine rings is 1. The molecule has 0 radical (unpaired) electrons. The highest BCUT2D eigenvalue weighted by Gasteiger charge is 2.25. The fourth-order valence-electron chi connectivity index (χ4n) is 2.52. The van der Waals surface area contributed by atoms with Crippen LogP contribution in [-0.4, -0.2) is 45.3 Å². The number of hydrogen-bond donors (Lipinski definition) is 2. The molecule has 0 spiro atoms. The molecule has 0 bridgehead atoms. The third-order valence-electron chi connectivity index (χ3n) is 3.75. The molecule has 1 saturated heterocycles. The highest BCUT2D eigenvalue weighted by molar-refractivity contribution is 6.30. The average Bonchev–Trinajstić information content (AvgIpc) is 2.97. The molecule has 1 aromatic heterocycles. The lowest BCUT2D eigenvalue weighted by molar-refractivity contribution is 0.0547. The summed E-state index contributed by atoms with van der Waals surface area (Å²) >= 11 is 5.89. The molecule has 0 saturated carbocycles. The van der Waals surface area contributed by atoms with Crippen molar-refractivity contribution < 1.29 is 9.90 Å². The Hall–Kier alpha value is -1.85. The predicted octanol–water partition coefficient (Wildman–Crippen LogP) is 2.33. The molecule has 110 valence electrons. The van der Waals surface area contributed by atoms with Gasteiger partial charge in [-0.05, 0) is 25.0 Å². The number of aromatic amines is 1. The van der Waals surface area contributed by atoms with Crippen molar-refractivity contribution in [1.29, 1.82) is 0 Å². The van der Waals surface area contributed by atoms with Gasteiger partial charge in [-0.3, -0.25) is 9.89 Å². The normalized spacial score (nSPS) is 16.2. The second-order valence-electron chi connectivity index (χ2n) is 5.19. The maximum Gasteiger partial charge on any atom is 0.257 e. The van der Waals surface area contributed by atoms with E-state index in [2.05, 4.69) is 10.2 Å². The highest BCUT2D eigenvalue weighted by Crippen LogP contribution is 2.25. The number of carbonyl (C=O) groups is 1. The van der Waals surface area contributed by atoms with E-state index in [4.69, 9.17) is 11.6 Å². The second kappa shape index (κ2) is 5.87. The van der Waals surface area contributed by atoms with Crippen molar-refractivity contribution in [3.63, 3.8) is 0 Å². The molecule has 5 nitrogen and oxygen atoms in total. The maximum absolute atomic E-state index is 12.6. The van der Waals surface area contributed by atoms with Gasteiger partial charge in [0.05, 0.1) is 23.6 Å². The summed E-state index contributed by atoms with van der Waals surface area (Å²) in [5, 5.41) is 17.1. The summed E-state index contributed by atoms with van der Waals surface area (Å²) in [6.45, 7) is 1.15. The van der Waals surface area contributed by atoms with E-state index in [1.165, 1.54) is 0 Å². The van der Waals surface area contributed by atoms with Gasteiger partial charge in [0.2, 0.25) is 0 Å². The summed E-state index contributed by atoms with van der Waals surface area (Å²) in [7, 11) is 0. The zero-order valence-electron chi connectivity index (χ0n) is 11.4. The van der Waals surface area contributed by atoms with Crippen molar-refractivity contribution in [2.45, 2.75) is 18.9 Å². The average molecular weight is 306 g/mol. The van der Waals surface area contributed by atoms with Crippen LogP contribution in [0.2, 0.25) is 5.02 Å². The lowest BCUT2D eigenvalue weighted by Crippen LogP contribution is -2.40.